The van der Waals surface area contributed by atoms with E-state index in [1.807, 2.05) is 18.3 Å². The van der Waals surface area contributed by atoms with Crippen molar-refractivity contribution in [2.45, 2.75) is 0 Å². The molecule has 0 amide bonds. The largest absolute Gasteiger partial charge is 0.309 e. The van der Waals surface area contributed by atoms with Crippen molar-refractivity contribution >= 4 is 65.2 Å². The molecule has 4 heterocycles. The number of fused-ring (bicyclic) bond motifs is 12. The molecule has 4 aromatic heterocycles. The summed E-state index contributed by atoms with van der Waals surface area (Å²) in [6, 6.07) is 109. The molecule has 0 saturated carbocycles. The van der Waals surface area contributed by atoms with E-state index in [1.54, 1.807) is 0 Å². The quantitative estimate of drug-likeness (QED) is 0.152. The topological polar surface area (TPSA) is 35.6 Å². The van der Waals surface area contributed by atoms with Gasteiger partial charge in [0.25, 0.3) is 0 Å². The molecule has 4 nitrogen and oxygen atoms in total. The highest BCUT2D eigenvalue weighted by Gasteiger charge is 2.26. The van der Waals surface area contributed by atoms with Crippen molar-refractivity contribution in [3.63, 3.8) is 0 Å². The molecule has 88 heavy (non-hydrogen) atoms. The minimum atomic E-state index is 0.841. The Hall–Kier alpha value is -11.7. The highest BCUT2D eigenvalue weighted by atomic mass is 15.0. The van der Waals surface area contributed by atoms with E-state index >= 15 is 0 Å². The van der Waals surface area contributed by atoms with Crippen LogP contribution in [0.15, 0.2) is 303 Å². The summed E-state index contributed by atoms with van der Waals surface area (Å²) < 4.78 is 4.80. The van der Waals surface area contributed by atoms with Crippen LogP contribution in [0.25, 0.3) is 188 Å². The Morgan fingerprint density at radius 3 is 1.32 bits per heavy atom. The molecule has 0 fully saturated rings. The lowest BCUT2D eigenvalue weighted by Gasteiger charge is -2.13. The minimum absolute atomic E-state index is 0.841. The van der Waals surface area contributed by atoms with Crippen molar-refractivity contribution < 1.29 is 0 Å². The lowest BCUT2D eigenvalue weighted by Crippen LogP contribution is -1.95. The average Bonchev–Trinajstić information content (AvgIpc) is 1.74. The van der Waals surface area contributed by atoms with Crippen molar-refractivity contribution in [1.82, 2.24) is 19.1 Å². The molecule has 19 rings (SSSR count). The summed E-state index contributed by atoms with van der Waals surface area (Å²) in [7, 11) is 0. The number of aromatic nitrogens is 4. The van der Waals surface area contributed by atoms with Crippen molar-refractivity contribution in [3.8, 4) is 123 Å². The molecule has 2 aliphatic carbocycles. The lowest BCUT2D eigenvalue weighted by atomic mass is 9.94. The van der Waals surface area contributed by atoms with E-state index < -0.39 is 0 Å². The summed E-state index contributed by atoms with van der Waals surface area (Å²) in [5, 5.41) is 10.1. The Bertz CT molecular complexity index is 5770. The van der Waals surface area contributed by atoms with Crippen LogP contribution in [0, 0.1) is 0 Å². The molecule has 17 aromatic rings. The fourth-order valence-corrected chi connectivity index (χ4v) is 14.8. The second-order valence-corrected chi connectivity index (χ2v) is 23.6. The molecule has 0 spiro atoms. The monoisotopic (exact) mass is 1110 g/mol. The molecule has 0 radical (unpaired) electrons. The normalized spacial score (nSPS) is 12.1. The zero-order valence-corrected chi connectivity index (χ0v) is 47.7. The number of hydrogen-bond donors (Lipinski definition) is 0. The molecule has 0 unspecified atom stereocenters. The molecule has 4 heteroatoms. The molecule has 0 atom stereocenters. The second kappa shape index (κ2) is 18.9. The van der Waals surface area contributed by atoms with Gasteiger partial charge < -0.3 is 9.13 Å². The summed E-state index contributed by atoms with van der Waals surface area (Å²) in [4.78, 5) is 10.3. The number of rotatable bonds is 8. The van der Waals surface area contributed by atoms with Gasteiger partial charge in [0.15, 0.2) is 0 Å². The van der Waals surface area contributed by atoms with Crippen LogP contribution >= 0.6 is 0 Å². The van der Waals surface area contributed by atoms with E-state index in [1.165, 1.54) is 149 Å². The van der Waals surface area contributed by atoms with Crippen LogP contribution in [-0.2, 0) is 0 Å². The lowest BCUT2D eigenvalue weighted by molar-refractivity contribution is 1.18. The average molecular weight is 1120 g/mol. The van der Waals surface area contributed by atoms with Crippen molar-refractivity contribution in [3.05, 3.63) is 303 Å². The van der Waals surface area contributed by atoms with Crippen molar-refractivity contribution in [2.75, 3.05) is 0 Å². The van der Waals surface area contributed by atoms with Crippen molar-refractivity contribution in [2.24, 2.45) is 0 Å². The first kappa shape index (κ1) is 48.6. The van der Waals surface area contributed by atoms with E-state index in [2.05, 4.69) is 294 Å². The fourth-order valence-electron chi connectivity index (χ4n) is 14.8. The maximum atomic E-state index is 5.47. The summed E-state index contributed by atoms with van der Waals surface area (Å²) in [6.07, 6.45) is 1.86. The Morgan fingerprint density at radius 2 is 0.693 bits per heavy atom. The third kappa shape index (κ3) is 7.33. The third-order valence-electron chi connectivity index (χ3n) is 18.8. The van der Waals surface area contributed by atoms with Gasteiger partial charge in [0, 0.05) is 50.2 Å². The summed E-state index contributed by atoms with van der Waals surface area (Å²) in [5.74, 6) is 0. The Kier molecular flexibility index (Phi) is 10.4. The highest BCUT2D eigenvalue weighted by Crippen LogP contribution is 2.52. The third-order valence-corrected chi connectivity index (χ3v) is 18.8. The van der Waals surface area contributed by atoms with Gasteiger partial charge in [-0.2, -0.15) is 0 Å². The molecule has 0 bridgehead atoms. The smallest absolute Gasteiger partial charge is 0.0971 e. The standard InChI is InChI=1S/C84H50N4/c1-2-16-61(17-3-1)87-78-25-8-6-20-67(78)72-46-54(34-41-80(72)87)55-35-42-81-73(47-55)68-21-7-9-26-79(68)88(81)62-36-31-52(32-37-62)60-45-58-15-13-23-70-71-48-56(33-38-66(71)75(50-60)83(58)70)76-40-39-63(84(86-76)77-24-10-11-43-85-77)53-29-27-51(28-30-53)59-44-57-14-12-22-69-64-18-4-5-19-65(64)74(49-59)82(57)69/h1-50H. The molecule has 13 aromatic carbocycles. The Balaban J connectivity index is 0.639. The number of pyridine rings is 2. The van der Waals surface area contributed by atoms with Gasteiger partial charge in [0.1, 0.15) is 0 Å². The van der Waals surface area contributed by atoms with Crippen LogP contribution in [0.3, 0.4) is 0 Å². The van der Waals surface area contributed by atoms with E-state index in [0.29, 0.717) is 0 Å². The molecular weight excluding hydrogens is 1060 g/mol. The van der Waals surface area contributed by atoms with Crippen LogP contribution in [0.5, 0.6) is 0 Å². The molecule has 0 saturated heterocycles. The van der Waals surface area contributed by atoms with Crippen molar-refractivity contribution in [1.29, 1.82) is 0 Å². The van der Waals surface area contributed by atoms with Gasteiger partial charge >= 0.3 is 0 Å². The Morgan fingerprint density at radius 1 is 0.227 bits per heavy atom. The molecule has 406 valence electrons. The van der Waals surface area contributed by atoms with Gasteiger partial charge in [-0.15, -0.1) is 0 Å². The van der Waals surface area contributed by atoms with Crippen LogP contribution in [0.1, 0.15) is 0 Å². The molecular formula is C84H50N4. The SMILES string of the molecule is c1ccc(-n2c3ccccc3c3cc(-c4ccc5c(c4)c4ccccc4n5-c4ccc(-c5cc6c7c(cccc7c5)-c5cc(-c7ccc(-c8ccc(-c9cc%10c%11c(cccc%11c9)-c9ccccc9-%10)cc8)c(-c8ccccn8)n7)ccc5-6)cc4)ccc32)cc1. The zero-order chi connectivity index (χ0) is 57.6. The number of hydrogen-bond acceptors (Lipinski definition) is 2. The predicted molar refractivity (Wildman–Crippen MR) is 367 cm³/mol. The van der Waals surface area contributed by atoms with E-state index in [4.69, 9.17) is 9.97 Å². The second-order valence-electron chi connectivity index (χ2n) is 23.6. The predicted octanol–water partition coefficient (Wildman–Crippen LogP) is 22.3. The highest BCUT2D eigenvalue weighted by molar-refractivity contribution is 6.19. The molecule has 2 aliphatic rings. The van der Waals surface area contributed by atoms with E-state index in [0.717, 1.165) is 39.5 Å². The first-order valence-corrected chi connectivity index (χ1v) is 30.3. The number of benzene rings is 13. The zero-order valence-electron chi connectivity index (χ0n) is 47.7. The van der Waals surface area contributed by atoms with Crippen LogP contribution in [-0.4, -0.2) is 19.1 Å². The van der Waals surface area contributed by atoms with Gasteiger partial charge in [-0.25, -0.2) is 4.98 Å². The van der Waals surface area contributed by atoms with Crippen LogP contribution < -0.4 is 0 Å². The van der Waals surface area contributed by atoms with Crippen LogP contribution in [0.2, 0.25) is 0 Å². The van der Waals surface area contributed by atoms with E-state index in [9.17, 15) is 0 Å². The minimum Gasteiger partial charge on any atom is -0.309 e. The molecule has 0 N–H and O–H groups in total. The van der Waals surface area contributed by atoms with Gasteiger partial charge in [-0.1, -0.05) is 182 Å². The first-order valence-electron chi connectivity index (χ1n) is 30.3. The van der Waals surface area contributed by atoms with Gasteiger partial charge in [0.2, 0.25) is 0 Å². The van der Waals surface area contributed by atoms with Gasteiger partial charge in [-0.05, 0) is 220 Å². The Labute approximate surface area is 507 Å². The number of nitrogens with zero attached hydrogens (tertiary/aromatic N) is 4. The summed E-state index contributed by atoms with van der Waals surface area (Å²) in [5.41, 5.74) is 30.3. The van der Waals surface area contributed by atoms with Crippen LogP contribution in [0.4, 0.5) is 0 Å². The maximum Gasteiger partial charge on any atom is 0.0971 e. The first-order chi connectivity index (χ1) is 43.6. The fraction of sp³-hybridized carbons (Fsp3) is 0. The van der Waals surface area contributed by atoms with Gasteiger partial charge in [0.05, 0.1) is 39.1 Å². The molecule has 0 aliphatic heterocycles. The maximum absolute atomic E-state index is 5.47. The summed E-state index contributed by atoms with van der Waals surface area (Å²) in [6.45, 7) is 0. The number of para-hydroxylation sites is 3. The van der Waals surface area contributed by atoms with Gasteiger partial charge in [-0.3, -0.25) is 4.98 Å². The summed E-state index contributed by atoms with van der Waals surface area (Å²) >= 11 is 0. The van der Waals surface area contributed by atoms with E-state index in [-0.39, 0.29) is 0 Å².